The highest BCUT2D eigenvalue weighted by Crippen LogP contribution is 2.36. The minimum absolute atomic E-state index is 0.0326. The topological polar surface area (TPSA) is 67.9 Å². The van der Waals surface area contributed by atoms with Gasteiger partial charge in [0.15, 0.2) is 10.4 Å². The lowest BCUT2D eigenvalue weighted by Crippen LogP contribution is -2.18. The van der Waals surface area contributed by atoms with Gasteiger partial charge in [0, 0.05) is 12.0 Å². The molecule has 1 aromatic heterocycles. The van der Waals surface area contributed by atoms with Crippen molar-refractivity contribution in [2.45, 2.75) is 39.2 Å². The average molecular weight is 519 g/mol. The smallest absolute Gasteiger partial charge is 0.358 e. The predicted octanol–water partition coefficient (Wildman–Crippen LogP) is 6.44. The van der Waals surface area contributed by atoms with Crippen LogP contribution in [0.3, 0.4) is 0 Å². The molecule has 0 aliphatic carbocycles. The predicted molar refractivity (Wildman–Crippen MR) is 124 cm³/mol. The molecule has 0 saturated carbocycles. The van der Waals surface area contributed by atoms with E-state index in [0.717, 1.165) is 5.56 Å². The summed E-state index contributed by atoms with van der Waals surface area (Å²) in [5.74, 6) is -1.50. The fraction of sp³-hybridized carbons (Fsp3) is 0.292. The Morgan fingerprint density at radius 2 is 1.97 bits per heavy atom. The van der Waals surface area contributed by atoms with E-state index >= 15 is 0 Å². The molecule has 1 unspecified atom stereocenters. The molecule has 0 amide bonds. The number of ether oxygens (including phenoxy) is 1. The van der Waals surface area contributed by atoms with Gasteiger partial charge in [-0.15, -0.1) is 0 Å². The maximum atomic E-state index is 14.9. The van der Waals surface area contributed by atoms with Crippen LogP contribution in [0.25, 0.3) is 0 Å². The molecule has 166 valence electrons. The third-order valence-electron chi connectivity index (χ3n) is 5.12. The molecular formula is C24H22BrClFN3O2. The van der Waals surface area contributed by atoms with Crippen molar-refractivity contribution in [1.29, 1.82) is 5.26 Å². The summed E-state index contributed by atoms with van der Waals surface area (Å²) >= 11 is 9.50. The van der Waals surface area contributed by atoms with E-state index in [1.54, 1.807) is 31.2 Å². The Labute approximate surface area is 199 Å². The molecule has 32 heavy (non-hydrogen) atoms. The van der Waals surface area contributed by atoms with Crippen molar-refractivity contribution in [2.75, 3.05) is 6.61 Å². The lowest BCUT2D eigenvalue weighted by Gasteiger charge is -2.23. The number of rotatable bonds is 7. The van der Waals surface area contributed by atoms with Crippen LogP contribution in [0.2, 0.25) is 5.02 Å². The molecule has 1 heterocycles. The van der Waals surface area contributed by atoms with E-state index in [4.69, 9.17) is 16.3 Å². The second-order valence-electron chi connectivity index (χ2n) is 7.50. The van der Waals surface area contributed by atoms with Gasteiger partial charge in [0.25, 0.3) is 0 Å². The summed E-state index contributed by atoms with van der Waals surface area (Å²) < 4.78 is 22.5. The van der Waals surface area contributed by atoms with Crippen LogP contribution in [0.4, 0.5) is 4.39 Å². The Hall–Kier alpha value is -2.69. The lowest BCUT2D eigenvalue weighted by molar-refractivity contribution is 0.0518. The highest BCUT2D eigenvalue weighted by atomic mass is 79.9. The molecule has 0 aliphatic rings. The van der Waals surface area contributed by atoms with E-state index in [-0.39, 0.29) is 29.8 Å². The highest BCUT2D eigenvalue weighted by Gasteiger charge is 2.31. The fourth-order valence-electron chi connectivity index (χ4n) is 3.68. The number of aromatic nitrogens is 2. The van der Waals surface area contributed by atoms with E-state index in [9.17, 15) is 14.4 Å². The molecule has 0 radical (unpaired) electrons. The number of imidazole rings is 1. The van der Waals surface area contributed by atoms with Gasteiger partial charge in [-0.1, -0.05) is 35.9 Å². The Balaban J connectivity index is 2.26. The zero-order valence-corrected chi connectivity index (χ0v) is 20.2. The highest BCUT2D eigenvalue weighted by molar-refractivity contribution is 9.10. The van der Waals surface area contributed by atoms with Crippen molar-refractivity contribution in [2.24, 2.45) is 0 Å². The summed E-state index contributed by atoms with van der Waals surface area (Å²) in [4.78, 5) is 17.3. The molecule has 8 heteroatoms. The lowest BCUT2D eigenvalue weighted by atomic mass is 9.87. The molecule has 0 saturated heterocycles. The Morgan fingerprint density at radius 3 is 2.56 bits per heavy atom. The summed E-state index contributed by atoms with van der Waals surface area (Å²) in [6, 6.07) is 13.9. The molecule has 0 spiro atoms. The molecular weight excluding hydrogens is 497 g/mol. The molecule has 0 bridgehead atoms. The van der Waals surface area contributed by atoms with Crippen molar-refractivity contribution in [3.8, 4) is 6.07 Å². The number of hydrogen-bond acceptors (Lipinski definition) is 4. The van der Waals surface area contributed by atoms with Crippen molar-refractivity contribution >= 4 is 33.5 Å². The van der Waals surface area contributed by atoms with Crippen LogP contribution in [-0.4, -0.2) is 22.1 Å². The Morgan fingerprint density at radius 1 is 1.28 bits per heavy atom. The van der Waals surface area contributed by atoms with Gasteiger partial charge in [0.1, 0.15) is 5.82 Å². The molecule has 0 aliphatic heterocycles. The average Bonchev–Trinajstić information content (AvgIpc) is 3.12. The summed E-state index contributed by atoms with van der Waals surface area (Å²) in [7, 11) is 0. The molecule has 3 aromatic rings. The number of esters is 1. The molecule has 5 nitrogen and oxygen atoms in total. The first kappa shape index (κ1) is 24.0. The molecule has 0 fully saturated rings. The number of nitriles is 1. The van der Waals surface area contributed by atoms with Gasteiger partial charge in [-0.2, -0.15) is 5.26 Å². The van der Waals surface area contributed by atoms with Gasteiger partial charge in [0.2, 0.25) is 0 Å². The van der Waals surface area contributed by atoms with Crippen LogP contribution < -0.4 is 0 Å². The second-order valence-corrected chi connectivity index (χ2v) is 8.62. The van der Waals surface area contributed by atoms with Crippen LogP contribution in [0.15, 0.2) is 47.2 Å². The van der Waals surface area contributed by atoms with Crippen LogP contribution in [-0.2, 0) is 11.2 Å². The Bertz CT molecular complexity index is 1170. The number of carbonyl (C=O) groups is 1. The first-order valence-corrected chi connectivity index (χ1v) is 11.3. The van der Waals surface area contributed by atoms with E-state index in [2.05, 4.69) is 27.0 Å². The third kappa shape index (κ3) is 4.87. The van der Waals surface area contributed by atoms with Gasteiger partial charge in [-0.25, -0.2) is 14.2 Å². The number of carbonyl (C=O) groups excluding carboxylic acids is 1. The Kier molecular flexibility index (Phi) is 7.70. The normalized spacial score (nSPS) is 11.9. The van der Waals surface area contributed by atoms with Crippen LogP contribution >= 0.6 is 27.5 Å². The van der Waals surface area contributed by atoms with Gasteiger partial charge in [-0.3, -0.25) is 0 Å². The fourth-order valence-corrected chi connectivity index (χ4v) is 4.65. The third-order valence-corrected chi connectivity index (χ3v) is 5.97. The number of halogens is 3. The van der Waals surface area contributed by atoms with Gasteiger partial charge >= 0.3 is 5.97 Å². The quantitative estimate of drug-likeness (QED) is 0.337. The second kappa shape index (κ2) is 10.3. The summed E-state index contributed by atoms with van der Waals surface area (Å²) in [5.41, 5.74) is 2.50. The number of hydrogen-bond donors (Lipinski definition) is 0. The summed E-state index contributed by atoms with van der Waals surface area (Å²) in [6.45, 7) is 5.88. The van der Waals surface area contributed by atoms with E-state index in [1.165, 1.54) is 6.07 Å². The maximum absolute atomic E-state index is 14.9. The number of nitrogens with zero attached hydrogens (tertiary/aromatic N) is 3. The zero-order valence-electron chi connectivity index (χ0n) is 17.9. The largest absolute Gasteiger partial charge is 0.461 e. The van der Waals surface area contributed by atoms with Crippen molar-refractivity contribution in [1.82, 2.24) is 9.55 Å². The van der Waals surface area contributed by atoms with Crippen molar-refractivity contribution in [3.05, 3.63) is 86.1 Å². The minimum Gasteiger partial charge on any atom is -0.461 e. The van der Waals surface area contributed by atoms with E-state index in [1.807, 2.05) is 30.5 Å². The summed E-state index contributed by atoms with van der Waals surface area (Å²) in [6.07, 6.45) is 0.232. The standard InChI is InChI=1S/C24H22BrClFN3O2/c1-4-32-23(31)21-22(30(14(2)3)24(25)29-21)18(16-10-8-15(13-28)9-11-16)12-17-6-5-7-19(26)20(17)27/h5-11,14,18H,4,12H2,1-3H3. The van der Waals surface area contributed by atoms with Crippen LogP contribution in [0, 0.1) is 17.1 Å². The minimum atomic E-state index is -0.548. The van der Waals surface area contributed by atoms with Crippen LogP contribution in [0.5, 0.6) is 0 Å². The van der Waals surface area contributed by atoms with E-state index < -0.39 is 17.7 Å². The molecule has 2 aromatic carbocycles. The van der Waals surface area contributed by atoms with Gasteiger partial charge in [-0.05, 0) is 72.4 Å². The number of benzene rings is 2. The first-order chi connectivity index (χ1) is 15.3. The molecule has 0 N–H and O–H groups in total. The van der Waals surface area contributed by atoms with Gasteiger partial charge < -0.3 is 9.30 Å². The summed E-state index contributed by atoms with van der Waals surface area (Å²) in [5, 5.41) is 9.22. The SMILES string of the molecule is CCOC(=O)c1nc(Br)n(C(C)C)c1C(Cc1cccc(Cl)c1F)c1ccc(C#N)cc1. The monoisotopic (exact) mass is 517 g/mol. The van der Waals surface area contributed by atoms with Gasteiger partial charge in [0.05, 0.1) is 29.0 Å². The molecule has 3 rings (SSSR count). The zero-order chi connectivity index (χ0) is 23.4. The first-order valence-electron chi connectivity index (χ1n) is 10.2. The van der Waals surface area contributed by atoms with E-state index in [0.29, 0.717) is 21.6 Å². The molecule has 1 atom stereocenters. The van der Waals surface area contributed by atoms with Crippen LogP contribution in [0.1, 0.15) is 65.6 Å². The van der Waals surface area contributed by atoms with Crippen molar-refractivity contribution < 1.29 is 13.9 Å². The maximum Gasteiger partial charge on any atom is 0.358 e. The van der Waals surface area contributed by atoms with Crippen molar-refractivity contribution in [3.63, 3.8) is 0 Å².